The number of pyridine rings is 1. The summed E-state index contributed by atoms with van der Waals surface area (Å²) in [5.74, 6) is 1.71. The highest BCUT2D eigenvalue weighted by atomic mass is 35.5. The zero-order valence-electron chi connectivity index (χ0n) is 11.6. The molecule has 0 unspecified atom stereocenters. The van der Waals surface area contributed by atoms with Gasteiger partial charge in [-0.3, -0.25) is 0 Å². The van der Waals surface area contributed by atoms with Crippen molar-refractivity contribution in [1.82, 2.24) is 15.0 Å². The van der Waals surface area contributed by atoms with E-state index in [-0.39, 0.29) is 0 Å². The van der Waals surface area contributed by atoms with Crippen LogP contribution in [0.5, 0.6) is 0 Å². The van der Waals surface area contributed by atoms with E-state index in [0.717, 1.165) is 43.6 Å². The largest absolute Gasteiger partial charge is 0.353 e. The molecule has 21 heavy (non-hydrogen) atoms. The van der Waals surface area contributed by atoms with Gasteiger partial charge in [0.1, 0.15) is 5.82 Å². The van der Waals surface area contributed by atoms with Gasteiger partial charge in [0.15, 0.2) is 0 Å². The number of hydrogen-bond donors (Lipinski definition) is 1. The van der Waals surface area contributed by atoms with Gasteiger partial charge in [-0.15, -0.1) is 0 Å². The molecule has 2 N–H and O–H groups in total. The van der Waals surface area contributed by atoms with E-state index in [0.29, 0.717) is 11.6 Å². The molecule has 0 atom stereocenters. The van der Waals surface area contributed by atoms with Gasteiger partial charge in [-0.1, -0.05) is 11.6 Å². The fourth-order valence-electron chi connectivity index (χ4n) is 2.38. The summed E-state index contributed by atoms with van der Waals surface area (Å²) in [4.78, 5) is 17.5. The maximum Gasteiger partial charge on any atom is 0.225 e. The van der Waals surface area contributed by atoms with E-state index in [1.54, 1.807) is 12.4 Å². The average molecular weight is 305 g/mol. The predicted octanol–water partition coefficient (Wildman–Crippen LogP) is 1.31. The summed E-state index contributed by atoms with van der Waals surface area (Å²) >= 11 is 6.05. The zero-order valence-corrected chi connectivity index (χ0v) is 12.4. The lowest BCUT2D eigenvalue weighted by molar-refractivity contribution is 0.633. The fourth-order valence-corrected chi connectivity index (χ4v) is 2.56. The molecule has 0 spiro atoms. The van der Waals surface area contributed by atoms with Crippen LogP contribution in [0.4, 0.5) is 11.8 Å². The molecule has 2 aromatic heterocycles. The number of aromatic nitrogens is 3. The Labute approximate surface area is 128 Å². The first-order chi connectivity index (χ1) is 10.3. The van der Waals surface area contributed by atoms with E-state index in [9.17, 15) is 0 Å². The number of rotatable bonds is 3. The first kappa shape index (κ1) is 14.0. The molecule has 1 fully saturated rings. The van der Waals surface area contributed by atoms with Crippen LogP contribution < -0.4 is 15.5 Å². The average Bonchev–Trinajstić information content (AvgIpc) is 2.56. The number of anilines is 2. The Morgan fingerprint density at radius 2 is 1.71 bits per heavy atom. The Balaban J connectivity index is 1.68. The van der Waals surface area contributed by atoms with Crippen molar-refractivity contribution in [2.75, 3.05) is 36.0 Å². The van der Waals surface area contributed by atoms with Crippen molar-refractivity contribution >= 4 is 23.4 Å². The van der Waals surface area contributed by atoms with Crippen molar-refractivity contribution in [2.45, 2.75) is 6.54 Å². The van der Waals surface area contributed by atoms with Gasteiger partial charge >= 0.3 is 0 Å². The van der Waals surface area contributed by atoms with E-state index in [1.807, 2.05) is 18.2 Å². The number of nitrogens with zero attached hydrogens (tertiary/aromatic N) is 5. The van der Waals surface area contributed by atoms with E-state index < -0.39 is 0 Å². The second-order valence-electron chi connectivity index (χ2n) is 4.82. The maximum atomic E-state index is 6.05. The summed E-state index contributed by atoms with van der Waals surface area (Å²) in [6, 6.07) is 5.63. The van der Waals surface area contributed by atoms with Gasteiger partial charge in [-0.05, 0) is 18.2 Å². The molecule has 0 saturated carbocycles. The minimum absolute atomic E-state index is 0.352. The molecule has 3 rings (SSSR count). The highest BCUT2D eigenvalue weighted by molar-refractivity contribution is 6.31. The smallest absolute Gasteiger partial charge is 0.225 e. The van der Waals surface area contributed by atoms with Gasteiger partial charge < -0.3 is 15.5 Å². The van der Waals surface area contributed by atoms with Gasteiger partial charge in [-0.25, -0.2) is 15.0 Å². The molecule has 3 heterocycles. The van der Waals surface area contributed by atoms with Crippen LogP contribution in [-0.4, -0.2) is 41.1 Å². The summed E-state index contributed by atoms with van der Waals surface area (Å²) in [6.45, 7) is 3.83. The van der Waals surface area contributed by atoms with E-state index in [2.05, 4.69) is 24.8 Å². The van der Waals surface area contributed by atoms with Crippen molar-refractivity contribution in [3.05, 3.63) is 41.3 Å². The summed E-state index contributed by atoms with van der Waals surface area (Å²) in [5.41, 5.74) is 6.40. The fraction of sp³-hybridized carbons (Fsp3) is 0.357. The molecule has 0 amide bonds. The van der Waals surface area contributed by atoms with Crippen molar-refractivity contribution in [3.63, 3.8) is 0 Å². The molecular weight excluding hydrogens is 288 g/mol. The van der Waals surface area contributed by atoms with Gasteiger partial charge in [0.25, 0.3) is 0 Å². The standard InChI is InChI=1S/C14H17ClN6/c15-11-2-3-13(19-12(11)10-16)20-6-8-21(9-7-20)14-17-4-1-5-18-14/h1-5H,6-10,16H2. The van der Waals surface area contributed by atoms with E-state index in [1.165, 1.54) is 0 Å². The topological polar surface area (TPSA) is 71.2 Å². The normalized spacial score (nSPS) is 15.3. The summed E-state index contributed by atoms with van der Waals surface area (Å²) < 4.78 is 0. The lowest BCUT2D eigenvalue weighted by Gasteiger charge is -2.35. The van der Waals surface area contributed by atoms with Crippen LogP contribution >= 0.6 is 11.6 Å². The molecule has 2 aromatic rings. The molecule has 6 nitrogen and oxygen atoms in total. The van der Waals surface area contributed by atoms with E-state index >= 15 is 0 Å². The number of nitrogens with two attached hydrogens (primary N) is 1. The van der Waals surface area contributed by atoms with Crippen LogP contribution in [0.25, 0.3) is 0 Å². The number of hydrogen-bond acceptors (Lipinski definition) is 6. The van der Waals surface area contributed by atoms with Crippen molar-refractivity contribution < 1.29 is 0 Å². The SMILES string of the molecule is NCc1nc(N2CCN(c3ncccn3)CC2)ccc1Cl. The van der Waals surface area contributed by atoms with Crippen molar-refractivity contribution in [1.29, 1.82) is 0 Å². The predicted molar refractivity (Wildman–Crippen MR) is 83.6 cm³/mol. The Morgan fingerprint density at radius 3 is 2.38 bits per heavy atom. The van der Waals surface area contributed by atoms with Crippen LogP contribution in [-0.2, 0) is 6.54 Å². The molecule has 0 radical (unpaired) electrons. The highest BCUT2D eigenvalue weighted by Gasteiger charge is 2.20. The second-order valence-corrected chi connectivity index (χ2v) is 5.23. The Morgan fingerprint density at radius 1 is 1.05 bits per heavy atom. The third-order valence-corrected chi connectivity index (χ3v) is 3.88. The summed E-state index contributed by atoms with van der Waals surface area (Å²) in [5, 5.41) is 0.623. The summed E-state index contributed by atoms with van der Waals surface area (Å²) in [6.07, 6.45) is 3.53. The minimum Gasteiger partial charge on any atom is -0.353 e. The Hall–Kier alpha value is -1.92. The maximum absolute atomic E-state index is 6.05. The van der Waals surface area contributed by atoms with Crippen LogP contribution in [0.1, 0.15) is 5.69 Å². The van der Waals surface area contributed by atoms with Crippen LogP contribution in [0.2, 0.25) is 5.02 Å². The number of halogens is 1. The van der Waals surface area contributed by atoms with Crippen LogP contribution in [0, 0.1) is 0 Å². The summed E-state index contributed by atoms with van der Waals surface area (Å²) in [7, 11) is 0. The molecule has 110 valence electrons. The van der Waals surface area contributed by atoms with E-state index in [4.69, 9.17) is 17.3 Å². The van der Waals surface area contributed by atoms with Crippen molar-refractivity contribution in [3.8, 4) is 0 Å². The third kappa shape index (κ3) is 3.06. The minimum atomic E-state index is 0.352. The first-order valence-corrected chi connectivity index (χ1v) is 7.28. The lowest BCUT2D eigenvalue weighted by atomic mass is 10.3. The molecule has 0 aromatic carbocycles. The molecule has 1 saturated heterocycles. The molecule has 1 aliphatic heterocycles. The molecule has 0 bridgehead atoms. The molecular formula is C14H17ClN6. The molecule has 0 aliphatic carbocycles. The molecule has 7 heteroatoms. The van der Waals surface area contributed by atoms with Crippen LogP contribution in [0.3, 0.4) is 0 Å². The van der Waals surface area contributed by atoms with Gasteiger partial charge in [0, 0.05) is 45.1 Å². The number of piperazine rings is 1. The quantitative estimate of drug-likeness (QED) is 0.922. The first-order valence-electron chi connectivity index (χ1n) is 6.90. The molecule has 1 aliphatic rings. The Kier molecular flexibility index (Phi) is 4.17. The van der Waals surface area contributed by atoms with Gasteiger partial charge in [-0.2, -0.15) is 0 Å². The zero-order chi connectivity index (χ0) is 14.7. The monoisotopic (exact) mass is 304 g/mol. The second kappa shape index (κ2) is 6.24. The lowest BCUT2D eigenvalue weighted by Crippen LogP contribution is -2.47. The van der Waals surface area contributed by atoms with Gasteiger partial charge in [0.05, 0.1) is 10.7 Å². The van der Waals surface area contributed by atoms with Crippen LogP contribution in [0.15, 0.2) is 30.6 Å². The van der Waals surface area contributed by atoms with Gasteiger partial charge in [0.2, 0.25) is 5.95 Å². The highest BCUT2D eigenvalue weighted by Crippen LogP contribution is 2.20. The third-order valence-electron chi connectivity index (χ3n) is 3.54. The Bertz CT molecular complexity index is 598. The van der Waals surface area contributed by atoms with Crippen molar-refractivity contribution in [2.24, 2.45) is 5.73 Å².